The molecule has 2 heterocycles. The molecule has 3 rings (SSSR count). The first-order valence-corrected chi connectivity index (χ1v) is 8.50. The van der Waals surface area contributed by atoms with E-state index in [0.717, 1.165) is 71.3 Å². The van der Waals surface area contributed by atoms with Crippen molar-refractivity contribution in [2.24, 2.45) is 0 Å². The maximum absolute atomic E-state index is 11.6. The lowest BCUT2D eigenvalue weighted by molar-refractivity contribution is -0.140. The molecule has 0 aromatic heterocycles. The van der Waals surface area contributed by atoms with E-state index in [2.05, 4.69) is 10.6 Å². The summed E-state index contributed by atoms with van der Waals surface area (Å²) >= 11 is 0. The van der Waals surface area contributed by atoms with Crippen LogP contribution in [0.1, 0.15) is 51.4 Å². The largest absolute Gasteiger partial charge is 0.381 e. The zero-order valence-corrected chi connectivity index (χ0v) is 12.9. The molecule has 3 fully saturated rings. The van der Waals surface area contributed by atoms with Gasteiger partial charge in [-0.25, -0.2) is 0 Å². The number of carbonyl (C=O) groups excluding carboxylic acids is 1. The fourth-order valence-corrected chi connectivity index (χ4v) is 3.38. The number of ether oxygens (including phenoxy) is 2. The van der Waals surface area contributed by atoms with Gasteiger partial charge in [0.05, 0.1) is 5.60 Å². The minimum Gasteiger partial charge on any atom is -0.381 e. The molecule has 0 aromatic carbocycles. The molecule has 1 amide bonds. The number of rotatable bonds is 6. The van der Waals surface area contributed by atoms with Crippen molar-refractivity contribution >= 4 is 5.91 Å². The van der Waals surface area contributed by atoms with Gasteiger partial charge in [0.1, 0.15) is 0 Å². The molecule has 1 unspecified atom stereocenters. The molecule has 120 valence electrons. The molecule has 0 radical (unpaired) electrons. The molecule has 1 spiro atoms. The van der Waals surface area contributed by atoms with Gasteiger partial charge in [-0.3, -0.25) is 4.79 Å². The number of carbonyl (C=O) groups is 1. The molecule has 2 aliphatic heterocycles. The minimum atomic E-state index is 0.0531. The van der Waals surface area contributed by atoms with Crippen molar-refractivity contribution in [3.8, 4) is 0 Å². The van der Waals surface area contributed by atoms with Crippen LogP contribution < -0.4 is 10.6 Å². The molecule has 1 saturated carbocycles. The SMILES string of the molecule is O=C(CCCNC1CCOC2(CCOCC2)C1)NC1CC1. The molecule has 2 saturated heterocycles. The van der Waals surface area contributed by atoms with Crippen molar-refractivity contribution in [1.82, 2.24) is 10.6 Å². The lowest BCUT2D eigenvalue weighted by Gasteiger charge is -2.43. The Hall–Kier alpha value is -0.650. The summed E-state index contributed by atoms with van der Waals surface area (Å²) in [4.78, 5) is 11.6. The lowest BCUT2D eigenvalue weighted by Crippen LogP contribution is -2.50. The topological polar surface area (TPSA) is 59.6 Å². The van der Waals surface area contributed by atoms with Crippen LogP contribution in [-0.4, -0.2) is 50.0 Å². The summed E-state index contributed by atoms with van der Waals surface area (Å²) in [5.41, 5.74) is 0.0531. The zero-order chi connectivity index (χ0) is 14.5. The van der Waals surface area contributed by atoms with E-state index in [1.807, 2.05) is 0 Å². The molecule has 2 N–H and O–H groups in total. The predicted molar refractivity (Wildman–Crippen MR) is 80.2 cm³/mol. The Balaban J connectivity index is 1.32. The summed E-state index contributed by atoms with van der Waals surface area (Å²) in [6.07, 6.45) is 8.11. The summed E-state index contributed by atoms with van der Waals surface area (Å²) in [6.45, 7) is 3.43. The lowest BCUT2D eigenvalue weighted by atomic mass is 9.84. The van der Waals surface area contributed by atoms with Crippen LogP contribution in [0.5, 0.6) is 0 Å². The molecule has 5 heteroatoms. The summed E-state index contributed by atoms with van der Waals surface area (Å²) in [7, 11) is 0. The third-order valence-corrected chi connectivity index (χ3v) is 4.85. The van der Waals surface area contributed by atoms with E-state index in [-0.39, 0.29) is 11.5 Å². The van der Waals surface area contributed by atoms with Crippen molar-refractivity contribution in [3.05, 3.63) is 0 Å². The smallest absolute Gasteiger partial charge is 0.220 e. The van der Waals surface area contributed by atoms with Crippen LogP contribution in [-0.2, 0) is 14.3 Å². The van der Waals surface area contributed by atoms with Crippen molar-refractivity contribution < 1.29 is 14.3 Å². The first kappa shape index (κ1) is 15.3. The number of amides is 1. The van der Waals surface area contributed by atoms with Crippen LogP contribution in [0.3, 0.4) is 0 Å². The monoisotopic (exact) mass is 296 g/mol. The second-order valence-corrected chi connectivity index (χ2v) is 6.73. The van der Waals surface area contributed by atoms with E-state index in [4.69, 9.17) is 9.47 Å². The normalized spacial score (nSPS) is 28.5. The Kier molecular flexibility index (Phi) is 5.14. The van der Waals surface area contributed by atoms with Crippen LogP contribution in [0.25, 0.3) is 0 Å². The van der Waals surface area contributed by atoms with E-state index >= 15 is 0 Å². The summed E-state index contributed by atoms with van der Waals surface area (Å²) in [5, 5.41) is 6.65. The van der Waals surface area contributed by atoms with Gasteiger partial charge in [-0.1, -0.05) is 0 Å². The molecule has 1 atom stereocenters. The third kappa shape index (κ3) is 4.66. The Morgan fingerprint density at radius 1 is 1.10 bits per heavy atom. The molecule has 0 aromatic rings. The average molecular weight is 296 g/mol. The van der Waals surface area contributed by atoms with Crippen LogP contribution in [0, 0.1) is 0 Å². The van der Waals surface area contributed by atoms with Gasteiger partial charge in [-0.2, -0.15) is 0 Å². The van der Waals surface area contributed by atoms with E-state index in [0.29, 0.717) is 18.5 Å². The first-order valence-electron chi connectivity index (χ1n) is 8.50. The summed E-state index contributed by atoms with van der Waals surface area (Å²) < 4.78 is 11.5. The van der Waals surface area contributed by atoms with Crippen LogP contribution in [0.4, 0.5) is 0 Å². The van der Waals surface area contributed by atoms with Crippen molar-refractivity contribution in [2.75, 3.05) is 26.4 Å². The maximum Gasteiger partial charge on any atom is 0.220 e. The average Bonchev–Trinajstić information content (AvgIpc) is 3.29. The minimum absolute atomic E-state index is 0.0531. The molecular formula is C16H28N2O3. The van der Waals surface area contributed by atoms with Gasteiger partial charge in [0, 0.05) is 38.3 Å². The van der Waals surface area contributed by atoms with Gasteiger partial charge in [0.25, 0.3) is 0 Å². The van der Waals surface area contributed by atoms with E-state index in [1.54, 1.807) is 0 Å². The fraction of sp³-hybridized carbons (Fsp3) is 0.938. The van der Waals surface area contributed by atoms with E-state index in [9.17, 15) is 4.79 Å². The standard InChI is InChI=1S/C16H28N2O3/c19-15(18-13-3-4-13)2-1-8-17-14-5-9-21-16(12-14)6-10-20-11-7-16/h13-14,17H,1-12H2,(H,18,19). The highest BCUT2D eigenvalue weighted by Crippen LogP contribution is 2.34. The van der Waals surface area contributed by atoms with E-state index in [1.165, 1.54) is 0 Å². The Labute approximate surface area is 127 Å². The molecule has 0 bridgehead atoms. The van der Waals surface area contributed by atoms with Crippen LogP contribution in [0.2, 0.25) is 0 Å². The zero-order valence-electron chi connectivity index (χ0n) is 12.9. The molecule has 5 nitrogen and oxygen atoms in total. The van der Waals surface area contributed by atoms with Gasteiger partial charge in [0.15, 0.2) is 0 Å². The van der Waals surface area contributed by atoms with Crippen molar-refractivity contribution in [2.45, 2.75) is 69.1 Å². The highest BCUT2D eigenvalue weighted by molar-refractivity contribution is 5.76. The first-order chi connectivity index (χ1) is 10.3. The van der Waals surface area contributed by atoms with Gasteiger partial charge in [-0.05, 0) is 51.5 Å². The van der Waals surface area contributed by atoms with Crippen LogP contribution >= 0.6 is 0 Å². The predicted octanol–water partition coefficient (Wildman–Crippen LogP) is 1.36. The van der Waals surface area contributed by atoms with Gasteiger partial charge in [-0.15, -0.1) is 0 Å². The van der Waals surface area contributed by atoms with Crippen molar-refractivity contribution in [1.29, 1.82) is 0 Å². The fourth-order valence-electron chi connectivity index (χ4n) is 3.38. The van der Waals surface area contributed by atoms with E-state index < -0.39 is 0 Å². The van der Waals surface area contributed by atoms with Gasteiger partial charge in [0.2, 0.25) is 5.91 Å². The quantitative estimate of drug-likeness (QED) is 0.727. The number of hydrogen-bond donors (Lipinski definition) is 2. The van der Waals surface area contributed by atoms with Crippen molar-refractivity contribution in [3.63, 3.8) is 0 Å². The second kappa shape index (κ2) is 7.07. The molecule has 21 heavy (non-hydrogen) atoms. The molecular weight excluding hydrogens is 268 g/mol. The number of nitrogens with one attached hydrogen (secondary N) is 2. The van der Waals surface area contributed by atoms with Gasteiger partial charge >= 0.3 is 0 Å². The van der Waals surface area contributed by atoms with Crippen LogP contribution in [0.15, 0.2) is 0 Å². The third-order valence-electron chi connectivity index (χ3n) is 4.85. The maximum atomic E-state index is 11.6. The Bertz CT molecular complexity index is 346. The molecule has 3 aliphatic rings. The summed E-state index contributed by atoms with van der Waals surface area (Å²) in [6, 6.07) is 1.01. The highest BCUT2D eigenvalue weighted by Gasteiger charge is 2.38. The molecule has 1 aliphatic carbocycles. The Morgan fingerprint density at radius 3 is 2.67 bits per heavy atom. The highest BCUT2D eigenvalue weighted by atomic mass is 16.5. The second-order valence-electron chi connectivity index (χ2n) is 6.73. The van der Waals surface area contributed by atoms with Gasteiger partial charge < -0.3 is 20.1 Å². The summed E-state index contributed by atoms with van der Waals surface area (Å²) in [5.74, 6) is 0.215. The Morgan fingerprint density at radius 2 is 1.90 bits per heavy atom. The number of hydrogen-bond acceptors (Lipinski definition) is 4.